The fraction of sp³-hybridized carbons (Fsp3) is 0.604. The van der Waals surface area contributed by atoms with Crippen LogP contribution in [0.1, 0.15) is 330 Å². The van der Waals surface area contributed by atoms with E-state index in [1.807, 2.05) is 24.3 Å². The number of carboxylic acid groups (broad SMARTS) is 4. The van der Waals surface area contributed by atoms with Gasteiger partial charge in [0.2, 0.25) is 0 Å². The topological polar surface area (TPSA) is 291 Å². The Kier molecular flexibility index (Phi) is 30.3. The first kappa shape index (κ1) is 101. The maximum Gasteiger partial charge on any atom is 0.329 e. The Balaban J connectivity index is 0.000000120. The molecule has 24 rings (SSSR count). The molecule has 8 bridgehead atoms. The Bertz CT molecular complexity index is 5450. The van der Waals surface area contributed by atoms with Gasteiger partial charge in [0.15, 0.2) is 11.8 Å². The van der Waals surface area contributed by atoms with Crippen LogP contribution in [0.3, 0.4) is 0 Å². The van der Waals surface area contributed by atoms with Gasteiger partial charge in [0.05, 0.1) is 60.7 Å². The number of aliphatic hydroxyl groups excluding tert-OH is 1. The van der Waals surface area contributed by atoms with Crippen molar-refractivity contribution in [2.75, 3.05) is 72.2 Å². The molecule has 5 N–H and O–H groups in total. The summed E-state index contributed by atoms with van der Waals surface area (Å²) < 4.78 is 85.9. The Morgan fingerprint density at radius 1 is 0.383 bits per heavy atom. The van der Waals surface area contributed by atoms with Crippen LogP contribution in [0.4, 0.5) is 17.6 Å². The standard InChI is InChI=1S/2C29H33Cl2FN2O4.C27H33FO4.C26H32FNO5/c2*1-17(20-10-21(30)12-22(31)11-20)33-8-2-4-18(15-33)16-38-27-14-25(32)24(13-23(27)19-6-7-19)28(35)34-9-3-5-26(34)29(36)37;28-23-10-25(32-14-27-11-15-5-16(12-27)7-17(6-15)13-27)20(18-1-2-18)8-22(23)24(29)9-21(26(30)31)19-3-4-19;27-20-9-22(33-13-26-10-14-5-15(11-26)7-16(6-14)12-26)18(17-1-2-17)8-19(20)24(30)28-4-3-21(29)23(28)25(31)32/h2*10-14,17-19,26H,2-9,15-16H2,1H3,(H,36,37);8,10,15-19,21H,1-7,9,11-14H2,(H,30,31);8-9,14-17,21,23,29H,1-7,10-13H2,(H,31,32)/t17-,18+,26+;17-,18-,26-;15?,16?,17?,21-,27?;14?,15?,16?,21-,23-,26?/m1000/s1. The van der Waals surface area contributed by atoms with E-state index in [2.05, 4.69) is 23.6 Å². The Morgan fingerprint density at radius 2 is 0.709 bits per heavy atom. The lowest BCUT2D eigenvalue weighted by Gasteiger charge is -2.56. The number of halogens is 8. The SMILES string of the molecule is C[C@@H](c1cc(Cl)cc(Cl)c1)N1CCC[C@H](COc2cc(F)c(C(=O)N3CCC[C@H]3C(=O)O)cc2C2CC2)C1.C[C@H](c1cc(Cl)cc(Cl)c1)N1CCC[C@H](COc2cc(F)c(C(=O)N3CCC[C@H]3C(=O)O)cc2C2CC2)C1.O=C(C[C@H](C(=O)O)C1CC1)c1cc(C2CC2)c(OCC23CC4CC(CC(C4)C2)C3)cc1F.O=C(O)[C@@H]1[C@@H](O)CCN1C(=O)c1cc(C2CC2)c(OCC23CC4CC(CC(C4)C2)C3)cc1F. The number of ether oxygens (including phenoxy) is 4. The summed E-state index contributed by atoms with van der Waals surface area (Å²) in [6, 6.07) is 20.3. The van der Waals surface area contributed by atoms with E-state index in [4.69, 9.17) is 65.4 Å². The van der Waals surface area contributed by atoms with Gasteiger partial charge in [-0.3, -0.25) is 33.8 Å². The zero-order valence-corrected chi connectivity index (χ0v) is 83.5. The molecule has 5 heterocycles. The highest BCUT2D eigenvalue weighted by Crippen LogP contribution is 2.63. The van der Waals surface area contributed by atoms with E-state index in [1.54, 1.807) is 36.4 Å². The number of hydrogen-bond acceptors (Lipinski definition) is 15. The third kappa shape index (κ3) is 23.2. The average Bonchev–Trinajstić information content (AvgIpc) is 1.74. The summed E-state index contributed by atoms with van der Waals surface area (Å²) in [6.07, 6.45) is 30.2. The monoisotopic (exact) mass is 2020 g/mol. The number of aliphatic carboxylic acids is 4. The van der Waals surface area contributed by atoms with Crippen LogP contribution in [0.15, 0.2) is 84.9 Å². The Hall–Kier alpha value is -8.76. The smallest absolute Gasteiger partial charge is 0.329 e. The van der Waals surface area contributed by atoms with E-state index in [1.165, 1.54) is 111 Å². The maximum atomic E-state index is 15.2. The van der Waals surface area contributed by atoms with E-state index < -0.39 is 101 Å². The van der Waals surface area contributed by atoms with E-state index >= 15 is 17.6 Å². The summed E-state index contributed by atoms with van der Waals surface area (Å²) >= 11 is 24.9. The molecule has 3 amide bonds. The molecule has 9 atom stereocenters. The normalized spacial score (nSPS) is 28.7. The second-order valence-electron chi connectivity index (χ2n) is 44.9. The number of piperidine rings is 2. The fourth-order valence-electron chi connectivity index (χ4n) is 26.9. The molecule has 13 aliphatic carbocycles. The van der Waals surface area contributed by atoms with E-state index in [0.29, 0.717) is 114 Å². The first-order valence-corrected chi connectivity index (χ1v) is 53.4. The van der Waals surface area contributed by atoms with Gasteiger partial charge in [-0.25, -0.2) is 31.9 Å². The first-order chi connectivity index (χ1) is 67.6. The van der Waals surface area contributed by atoms with Gasteiger partial charge in [-0.15, -0.1) is 0 Å². The van der Waals surface area contributed by atoms with Gasteiger partial charge in [-0.1, -0.05) is 46.4 Å². The molecule has 5 saturated heterocycles. The van der Waals surface area contributed by atoms with Crippen molar-refractivity contribution >= 4 is 93.8 Å². The summed E-state index contributed by atoms with van der Waals surface area (Å²) in [7, 11) is 0. The largest absolute Gasteiger partial charge is 0.493 e. The van der Waals surface area contributed by atoms with Gasteiger partial charge in [0.1, 0.15) is 58.4 Å². The zero-order valence-electron chi connectivity index (χ0n) is 80.4. The molecular weight excluding hydrogens is 1890 g/mol. The molecule has 6 aromatic rings. The summed E-state index contributed by atoms with van der Waals surface area (Å²) in [4.78, 5) is 107. The van der Waals surface area contributed by atoms with Crippen LogP contribution < -0.4 is 18.9 Å². The third-order valence-electron chi connectivity index (χ3n) is 34.1. The molecule has 6 aromatic carbocycles. The number of carbonyl (C=O) groups is 8. The molecule has 0 unspecified atom stereocenters. The number of rotatable bonds is 31. The van der Waals surface area contributed by atoms with Gasteiger partial charge < -0.3 is 59.2 Å². The summed E-state index contributed by atoms with van der Waals surface area (Å²) in [5.41, 5.74) is 5.88. The van der Waals surface area contributed by atoms with Gasteiger partial charge in [-0.05, 0) is 385 Å². The maximum absolute atomic E-state index is 15.2. The highest BCUT2D eigenvalue weighted by Gasteiger charge is 2.55. The van der Waals surface area contributed by atoms with Crippen LogP contribution in [0, 0.1) is 93.3 Å². The highest BCUT2D eigenvalue weighted by atomic mass is 35.5. The molecule has 30 heteroatoms. The Labute approximate surface area is 841 Å². The van der Waals surface area contributed by atoms with Crippen molar-refractivity contribution in [2.24, 2.45) is 70.0 Å². The van der Waals surface area contributed by atoms with E-state index in [0.717, 1.165) is 190 Å². The predicted octanol–water partition coefficient (Wildman–Crippen LogP) is 23.0. The van der Waals surface area contributed by atoms with Crippen LogP contribution in [0.25, 0.3) is 0 Å². The molecule has 0 radical (unpaired) electrons. The van der Waals surface area contributed by atoms with Crippen LogP contribution in [0.5, 0.6) is 23.0 Å². The lowest BCUT2D eigenvalue weighted by molar-refractivity contribution is -0.144. The number of likely N-dealkylation sites (tertiary alicyclic amines) is 5. The lowest BCUT2D eigenvalue weighted by Crippen LogP contribution is -2.48. The van der Waals surface area contributed by atoms with Gasteiger partial charge >= 0.3 is 23.9 Å². The van der Waals surface area contributed by atoms with Crippen LogP contribution in [0.2, 0.25) is 20.1 Å². The minimum Gasteiger partial charge on any atom is -0.493 e. The molecule has 18 fully saturated rings. The van der Waals surface area contributed by atoms with Crippen molar-refractivity contribution in [3.63, 3.8) is 0 Å². The summed E-state index contributed by atoms with van der Waals surface area (Å²) in [5.74, 6) is -0.992. The molecule has 5 aliphatic heterocycles. The molecular formula is C111H131Cl4F4N5O17. The van der Waals surface area contributed by atoms with Crippen molar-refractivity contribution < 1.29 is 100 Å². The minimum atomic E-state index is -1.34. The van der Waals surface area contributed by atoms with Gasteiger partial charge in [0, 0.05) is 118 Å². The molecule has 13 saturated carbocycles. The number of ketones is 1. The number of amides is 3. The van der Waals surface area contributed by atoms with Crippen LogP contribution in [-0.4, -0.2) is 194 Å². The van der Waals surface area contributed by atoms with Crippen molar-refractivity contribution in [1.29, 1.82) is 0 Å². The molecule has 18 aliphatic rings. The average molecular weight is 2030 g/mol. The Morgan fingerprint density at radius 3 is 1.04 bits per heavy atom. The third-order valence-corrected chi connectivity index (χ3v) is 35.0. The predicted molar refractivity (Wildman–Crippen MR) is 524 cm³/mol. The van der Waals surface area contributed by atoms with Crippen molar-refractivity contribution in [2.45, 2.75) is 279 Å². The molecule has 758 valence electrons. The molecule has 22 nitrogen and oxygen atoms in total. The lowest BCUT2D eigenvalue weighted by atomic mass is 9.50. The number of carboxylic acids is 4. The summed E-state index contributed by atoms with van der Waals surface area (Å²) in [6.45, 7) is 10.8. The fourth-order valence-corrected chi connectivity index (χ4v) is 28.0. The van der Waals surface area contributed by atoms with Crippen LogP contribution in [-0.2, 0) is 19.2 Å². The number of hydrogen-bond donors (Lipinski definition) is 5. The van der Waals surface area contributed by atoms with Crippen LogP contribution >= 0.6 is 46.4 Å². The zero-order chi connectivity index (χ0) is 98.9. The van der Waals surface area contributed by atoms with Gasteiger partial charge in [0.25, 0.3) is 17.7 Å². The number of aliphatic hydroxyl groups is 1. The van der Waals surface area contributed by atoms with Gasteiger partial charge in [-0.2, -0.15) is 0 Å². The van der Waals surface area contributed by atoms with Crippen molar-refractivity contribution in [3.8, 4) is 23.0 Å². The minimum absolute atomic E-state index is 0.0426. The van der Waals surface area contributed by atoms with E-state index in [-0.39, 0.29) is 100 Å². The second kappa shape index (κ2) is 42.4. The molecule has 141 heavy (non-hydrogen) atoms. The number of nitrogens with zero attached hydrogens (tertiary/aromatic N) is 5. The number of benzene rings is 6. The summed E-state index contributed by atoms with van der Waals surface area (Å²) in [5, 5.41) is 50.3. The molecule has 0 aromatic heterocycles. The quantitative estimate of drug-likeness (QED) is 0.0200. The highest BCUT2D eigenvalue weighted by molar-refractivity contribution is 6.35. The second-order valence-corrected chi connectivity index (χ2v) is 46.7. The first-order valence-electron chi connectivity index (χ1n) is 51.9. The number of carbonyl (C=O) groups excluding carboxylic acids is 4. The molecule has 0 spiro atoms. The van der Waals surface area contributed by atoms with E-state index in [9.17, 15) is 63.9 Å². The van der Waals surface area contributed by atoms with Crippen molar-refractivity contribution in [1.82, 2.24) is 24.5 Å². The number of Topliss-reactive ketones (excluding diaryl/α,β-unsaturated/α-hetero) is 1. The van der Waals surface area contributed by atoms with Crippen molar-refractivity contribution in [3.05, 3.63) is 184 Å².